The Bertz CT molecular complexity index is 2800. The highest BCUT2D eigenvalue weighted by Crippen LogP contribution is 2.55. The molecule has 4 amide bonds. The SMILES string of the molecule is COC(=O)NC(C(=O)N1[C@@H]2C[C@@H]2C[C@H]1c1ncc(-c2ccc3cc(-c4ccc(-c5cnc([C@@H]6C[C@H]7C[C@H]7N6C(=O)C(NC(=O)O)C6CCC(F)(F)CC6)[nH]5)cc4)ccc3c2)[nH]1)C1CCC(F)(F)CC1. The molecule has 18 heteroatoms. The van der Waals surface area contributed by atoms with Gasteiger partial charge in [0, 0.05) is 43.3 Å². The summed E-state index contributed by atoms with van der Waals surface area (Å²) >= 11 is 0. The number of nitrogens with one attached hydrogen (secondary N) is 4. The van der Waals surface area contributed by atoms with Crippen molar-refractivity contribution < 1.29 is 46.6 Å². The molecule has 362 valence electrons. The number of carboxylic acid groups (broad SMARTS) is 1. The van der Waals surface area contributed by atoms with E-state index in [0.717, 1.165) is 63.7 Å². The molecule has 14 nitrogen and oxygen atoms in total. The van der Waals surface area contributed by atoms with Crippen molar-refractivity contribution in [2.75, 3.05) is 7.11 Å². The Morgan fingerprint density at radius 3 is 1.57 bits per heavy atom. The molecule has 69 heavy (non-hydrogen) atoms. The first kappa shape index (κ1) is 45.0. The van der Waals surface area contributed by atoms with Gasteiger partial charge in [0.2, 0.25) is 23.7 Å². The van der Waals surface area contributed by atoms with Gasteiger partial charge in [-0.05, 0) is 115 Å². The van der Waals surface area contributed by atoms with Crippen LogP contribution in [0.5, 0.6) is 0 Å². The number of rotatable bonds is 11. The number of methoxy groups -OCH3 is 1. The number of aromatic amines is 2. The van der Waals surface area contributed by atoms with Crippen molar-refractivity contribution in [1.82, 2.24) is 40.4 Å². The third-order valence-electron chi connectivity index (χ3n) is 16.0. The van der Waals surface area contributed by atoms with Gasteiger partial charge in [-0.15, -0.1) is 0 Å². The fourth-order valence-electron chi connectivity index (χ4n) is 12.0. The molecule has 4 saturated carbocycles. The highest BCUT2D eigenvalue weighted by molar-refractivity contribution is 5.91. The predicted molar refractivity (Wildman–Crippen MR) is 245 cm³/mol. The van der Waals surface area contributed by atoms with Crippen molar-refractivity contribution in [3.05, 3.63) is 84.7 Å². The van der Waals surface area contributed by atoms with Crippen LogP contribution < -0.4 is 10.6 Å². The summed E-state index contributed by atoms with van der Waals surface area (Å²) in [4.78, 5) is 72.4. The van der Waals surface area contributed by atoms with E-state index in [1.165, 1.54) is 7.11 Å². The van der Waals surface area contributed by atoms with E-state index in [9.17, 15) is 41.8 Å². The summed E-state index contributed by atoms with van der Waals surface area (Å²) in [6, 6.07) is 17.7. The normalized spacial score (nSPS) is 26.7. The fourth-order valence-corrected chi connectivity index (χ4v) is 12.0. The number of carbonyl (C=O) groups excluding carboxylic acids is 3. The van der Waals surface area contributed by atoms with Crippen LogP contribution in [-0.2, 0) is 14.3 Å². The molecule has 2 unspecified atom stereocenters. The van der Waals surface area contributed by atoms with Crippen LogP contribution in [0.25, 0.3) is 44.4 Å². The number of halogens is 4. The number of ether oxygens (including phenoxy) is 1. The van der Waals surface area contributed by atoms with Crippen molar-refractivity contribution in [3.63, 3.8) is 0 Å². The summed E-state index contributed by atoms with van der Waals surface area (Å²) in [7, 11) is 1.22. The Morgan fingerprint density at radius 2 is 1.07 bits per heavy atom. The predicted octanol–water partition coefficient (Wildman–Crippen LogP) is 9.62. The van der Waals surface area contributed by atoms with Crippen LogP contribution in [0.3, 0.4) is 0 Å². The van der Waals surface area contributed by atoms with Crippen LogP contribution in [0.1, 0.15) is 101 Å². The van der Waals surface area contributed by atoms with Gasteiger partial charge in [-0.3, -0.25) is 9.59 Å². The monoisotopic (exact) mass is 950 g/mol. The molecule has 0 radical (unpaired) electrons. The summed E-state index contributed by atoms with van der Waals surface area (Å²) in [5, 5.41) is 16.7. The molecule has 3 aromatic carbocycles. The molecule has 2 aliphatic heterocycles. The quantitative estimate of drug-likeness (QED) is 0.0811. The third kappa shape index (κ3) is 8.79. The van der Waals surface area contributed by atoms with Gasteiger partial charge in [0.05, 0.1) is 43.0 Å². The van der Waals surface area contributed by atoms with E-state index in [-0.39, 0.29) is 93.3 Å². The van der Waals surface area contributed by atoms with Crippen molar-refractivity contribution in [1.29, 1.82) is 0 Å². The maximum atomic E-state index is 14.3. The van der Waals surface area contributed by atoms with Gasteiger partial charge >= 0.3 is 12.2 Å². The summed E-state index contributed by atoms with van der Waals surface area (Å²) in [6.45, 7) is 0. The number of piperidine rings is 2. The number of alkyl halides is 4. The van der Waals surface area contributed by atoms with Crippen LogP contribution in [0, 0.1) is 23.7 Å². The lowest BCUT2D eigenvalue weighted by Crippen LogP contribution is -2.54. The topological polar surface area (TPSA) is 186 Å². The molecule has 2 saturated heterocycles. The minimum Gasteiger partial charge on any atom is -0.465 e. The molecular formula is C51H54F4N8O6. The number of aromatic nitrogens is 4. The molecule has 5 N–H and O–H groups in total. The molecule has 5 aromatic rings. The molecule has 0 bridgehead atoms. The average Bonchev–Trinajstić information content (AvgIpc) is 3.92. The lowest BCUT2D eigenvalue weighted by Gasteiger charge is -2.37. The van der Waals surface area contributed by atoms with Gasteiger partial charge in [0.25, 0.3) is 0 Å². The van der Waals surface area contributed by atoms with E-state index in [2.05, 4.69) is 55.9 Å². The maximum absolute atomic E-state index is 14.3. The summed E-state index contributed by atoms with van der Waals surface area (Å²) < 4.78 is 61.0. The molecule has 0 spiro atoms. The van der Waals surface area contributed by atoms with Crippen LogP contribution in [0.15, 0.2) is 73.1 Å². The largest absolute Gasteiger partial charge is 0.465 e. The van der Waals surface area contributed by atoms with E-state index < -0.39 is 48.0 Å². The van der Waals surface area contributed by atoms with E-state index in [0.29, 0.717) is 24.0 Å². The molecular weight excluding hydrogens is 897 g/mol. The number of hydrogen-bond acceptors (Lipinski definition) is 7. The first-order valence-corrected chi connectivity index (χ1v) is 24.1. The summed E-state index contributed by atoms with van der Waals surface area (Å²) in [5.41, 5.74) is 5.40. The lowest BCUT2D eigenvalue weighted by atomic mass is 9.81. The number of fused-ring (bicyclic) bond motifs is 3. The zero-order chi connectivity index (χ0) is 47.9. The lowest BCUT2D eigenvalue weighted by molar-refractivity contribution is -0.139. The van der Waals surface area contributed by atoms with E-state index >= 15 is 0 Å². The minimum absolute atomic E-state index is 0.00672. The summed E-state index contributed by atoms with van der Waals surface area (Å²) in [6.07, 6.45) is 3.47. The second kappa shape index (κ2) is 17.2. The Balaban J connectivity index is 0.762. The number of H-pyrrole nitrogens is 2. The zero-order valence-electron chi connectivity index (χ0n) is 38.0. The number of hydrogen-bond donors (Lipinski definition) is 5. The number of alkyl carbamates (subject to hydrolysis) is 1. The summed E-state index contributed by atoms with van der Waals surface area (Å²) in [5.74, 6) is -5.33. The second-order valence-electron chi connectivity index (χ2n) is 20.3. The average molecular weight is 951 g/mol. The van der Waals surface area contributed by atoms with Gasteiger partial charge < -0.3 is 40.2 Å². The Hall–Kier alpha value is -6.46. The van der Waals surface area contributed by atoms with Crippen molar-refractivity contribution in [2.45, 2.75) is 125 Å². The number of imidazole rings is 2. The number of likely N-dealkylation sites (tertiary alicyclic amines) is 2. The number of benzene rings is 3. The fraction of sp³-hybridized carbons (Fsp3) is 0.490. The maximum Gasteiger partial charge on any atom is 0.407 e. The van der Waals surface area contributed by atoms with Gasteiger partial charge in [-0.2, -0.15) is 0 Å². The second-order valence-corrected chi connectivity index (χ2v) is 20.3. The van der Waals surface area contributed by atoms with Gasteiger partial charge in [-0.1, -0.05) is 48.5 Å². The zero-order valence-corrected chi connectivity index (χ0v) is 38.0. The first-order chi connectivity index (χ1) is 33.1. The Labute approximate surface area is 395 Å². The standard InChI is InChI=1S/C51H54F4N8O6/c1-69-49(68)61-43(29-12-16-51(54,55)17-13-29)47(65)63-39-21-35(39)23-41(63)45-57-25-37(59-45)33-9-8-31-18-30(6-7-32(31)19-33)26-2-4-27(5-3-26)36-24-56-44(58-36)40-22-34-20-38(34)62(40)46(64)42(60-48(66)67)28-10-14-50(52,53)15-11-28/h2-9,18-19,24-25,28-29,34-35,38-43,60H,10-17,20-23H2,1H3,(H,56,58)(H,57,59)(H,61,68)(H,66,67)/t34-,35-,38-,39-,40+,41+,42?,43?/m1/s1. The van der Waals surface area contributed by atoms with Crippen LogP contribution >= 0.6 is 0 Å². The molecule has 2 aromatic heterocycles. The third-order valence-corrected chi connectivity index (χ3v) is 16.0. The van der Waals surface area contributed by atoms with Crippen LogP contribution in [0.2, 0.25) is 0 Å². The van der Waals surface area contributed by atoms with E-state index in [4.69, 9.17) is 9.72 Å². The highest BCUT2D eigenvalue weighted by Gasteiger charge is 2.58. The van der Waals surface area contributed by atoms with Crippen molar-refractivity contribution in [3.8, 4) is 33.6 Å². The van der Waals surface area contributed by atoms with Crippen molar-refractivity contribution >= 4 is 34.8 Å². The molecule has 8 atom stereocenters. The van der Waals surface area contributed by atoms with Crippen LogP contribution in [0.4, 0.5) is 27.2 Å². The minimum atomic E-state index is -2.80. The smallest absolute Gasteiger partial charge is 0.407 e. The first-order valence-electron chi connectivity index (χ1n) is 24.1. The number of nitrogens with zero attached hydrogens (tertiary/aromatic N) is 4. The van der Waals surface area contributed by atoms with Gasteiger partial charge in [0.15, 0.2) is 0 Å². The molecule has 4 aliphatic carbocycles. The van der Waals surface area contributed by atoms with Gasteiger partial charge in [-0.25, -0.2) is 37.1 Å². The Morgan fingerprint density at radius 1 is 0.638 bits per heavy atom. The van der Waals surface area contributed by atoms with E-state index in [1.807, 2.05) is 35.2 Å². The van der Waals surface area contributed by atoms with Gasteiger partial charge in [0.1, 0.15) is 23.7 Å². The molecule has 11 rings (SSSR count). The number of amides is 4. The molecule has 6 fully saturated rings. The van der Waals surface area contributed by atoms with Crippen LogP contribution in [-0.4, -0.2) is 102 Å². The molecule has 4 heterocycles. The van der Waals surface area contributed by atoms with E-state index in [1.54, 1.807) is 17.3 Å². The highest BCUT2D eigenvalue weighted by atomic mass is 19.3. The van der Waals surface area contributed by atoms with Crippen molar-refractivity contribution in [2.24, 2.45) is 23.7 Å². The molecule has 6 aliphatic rings. The Kier molecular flexibility index (Phi) is 11.2. The number of carbonyl (C=O) groups is 4.